The van der Waals surface area contributed by atoms with Gasteiger partial charge in [0.1, 0.15) is 12.1 Å². The fourth-order valence-electron chi connectivity index (χ4n) is 2.90. The molecule has 0 aliphatic heterocycles. The van der Waals surface area contributed by atoms with Gasteiger partial charge in [-0.3, -0.25) is 4.79 Å². The van der Waals surface area contributed by atoms with Crippen LogP contribution in [0.25, 0.3) is 16.6 Å². The first-order chi connectivity index (χ1) is 12.7. The fourth-order valence-corrected chi connectivity index (χ4v) is 2.90. The van der Waals surface area contributed by atoms with E-state index in [2.05, 4.69) is 25.8 Å². The summed E-state index contributed by atoms with van der Waals surface area (Å²) in [5.41, 5.74) is 2.90. The molecule has 0 unspecified atom stereocenters. The smallest absolute Gasteiger partial charge is 0.253 e. The number of aromatic amines is 1. The van der Waals surface area contributed by atoms with E-state index in [1.54, 1.807) is 24.3 Å². The van der Waals surface area contributed by atoms with Crippen molar-refractivity contribution in [3.8, 4) is 5.69 Å². The van der Waals surface area contributed by atoms with Crippen molar-refractivity contribution >= 4 is 16.8 Å². The number of nitrogens with zero attached hydrogens (tertiary/aromatic N) is 4. The minimum atomic E-state index is -0.280. The lowest BCUT2D eigenvalue weighted by molar-refractivity contribution is 0.0954. The molecule has 0 saturated heterocycles. The Morgan fingerprint density at radius 3 is 2.96 bits per heavy atom. The summed E-state index contributed by atoms with van der Waals surface area (Å²) in [6, 6.07) is 11.7. The minimum absolute atomic E-state index is 0.220. The molecule has 2 aromatic carbocycles. The zero-order valence-corrected chi connectivity index (χ0v) is 13.7. The van der Waals surface area contributed by atoms with Gasteiger partial charge in [0.2, 0.25) is 0 Å². The molecule has 0 atom stereocenters. The second-order valence-electron chi connectivity index (χ2n) is 5.78. The van der Waals surface area contributed by atoms with Gasteiger partial charge < -0.3 is 10.3 Å². The van der Waals surface area contributed by atoms with Crippen LogP contribution in [-0.2, 0) is 6.42 Å². The number of carbonyl (C=O) groups excluding carboxylic acids is 1. The zero-order valence-electron chi connectivity index (χ0n) is 13.7. The Kier molecular flexibility index (Phi) is 4.14. The van der Waals surface area contributed by atoms with E-state index in [4.69, 9.17) is 0 Å². The lowest BCUT2D eigenvalue weighted by Gasteiger charge is -2.09. The second-order valence-corrected chi connectivity index (χ2v) is 5.78. The van der Waals surface area contributed by atoms with Crippen LogP contribution >= 0.6 is 0 Å². The van der Waals surface area contributed by atoms with E-state index < -0.39 is 0 Å². The van der Waals surface area contributed by atoms with Crippen molar-refractivity contribution < 1.29 is 9.18 Å². The molecule has 4 aromatic rings. The second kappa shape index (κ2) is 6.75. The summed E-state index contributed by atoms with van der Waals surface area (Å²) in [5, 5.41) is 14.7. The number of aromatic nitrogens is 5. The molecule has 4 rings (SSSR count). The molecule has 0 aliphatic carbocycles. The minimum Gasteiger partial charge on any atom is -0.361 e. The quantitative estimate of drug-likeness (QED) is 0.578. The largest absolute Gasteiger partial charge is 0.361 e. The molecule has 0 radical (unpaired) electrons. The van der Waals surface area contributed by atoms with Crippen molar-refractivity contribution in [2.45, 2.75) is 6.42 Å². The molecule has 1 amide bonds. The number of halogens is 1. The van der Waals surface area contributed by atoms with Crippen molar-refractivity contribution in [2.24, 2.45) is 0 Å². The lowest BCUT2D eigenvalue weighted by atomic mass is 10.1. The van der Waals surface area contributed by atoms with Crippen LogP contribution in [0.5, 0.6) is 0 Å². The van der Waals surface area contributed by atoms with Crippen LogP contribution in [0.15, 0.2) is 55.0 Å². The van der Waals surface area contributed by atoms with E-state index in [1.807, 2.05) is 12.3 Å². The molecule has 0 saturated carbocycles. The summed E-state index contributed by atoms with van der Waals surface area (Å²) < 4.78 is 14.9. The average molecular weight is 350 g/mol. The van der Waals surface area contributed by atoms with Gasteiger partial charge in [-0.05, 0) is 52.7 Å². The first-order valence-electron chi connectivity index (χ1n) is 8.08. The Labute approximate surface area is 147 Å². The molecule has 130 valence electrons. The summed E-state index contributed by atoms with van der Waals surface area (Å²) in [7, 11) is 0. The SMILES string of the molecule is O=C(NCCc1c[nH]c2ccc(F)cc12)c1ccccc1-n1cnnn1. The Hall–Kier alpha value is -3.55. The maximum absolute atomic E-state index is 13.4. The van der Waals surface area contributed by atoms with Crippen LogP contribution in [0.3, 0.4) is 0 Å². The van der Waals surface area contributed by atoms with Gasteiger partial charge in [-0.25, -0.2) is 4.39 Å². The van der Waals surface area contributed by atoms with E-state index in [-0.39, 0.29) is 11.7 Å². The third-order valence-electron chi connectivity index (χ3n) is 4.15. The number of hydrogen-bond donors (Lipinski definition) is 2. The first kappa shape index (κ1) is 15.9. The van der Waals surface area contributed by atoms with Crippen molar-refractivity contribution in [1.29, 1.82) is 0 Å². The summed E-state index contributed by atoms with van der Waals surface area (Å²) in [4.78, 5) is 15.7. The number of tetrazole rings is 1. The Morgan fingerprint density at radius 1 is 1.23 bits per heavy atom. The molecular formula is C18H15FN6O. The predicted octanol–water partition coefficient (Wildman–Crippen LogP) is 2.26. The highest BCUT2D eigenvalue weighted by atomic mass is 19.1. The highest BCUT2D eigenvalue weighted by molar-refractivity contribution is 5.97. The van der Waals surface area contributed by atoms with Crippen LogP contribution in [0.1, 0.15) is 15.9 Å². The van der Waals surface area contributed by atoms with Gasteiger partial charge in [-0.2, -0.15) is 4.68 Å². The van der Waals surface area contributed by atoms with Gasteiger partial charge in [0.05, 0.1) is 11.3 Å². The van der Waals surface area contributed by atoms with E-state index in [9.17, 15) is 9.18 Å². The normalized spacial score (nSPS) is 11.0. The number of amides is 1. The van der Waals surface area contributed by atoms with Crippen molar-refractivity contribution in [2.75, 3.05) is 6.54 Å². The molecule has 2 heterocycles. The highest BCUT2D eigenvalue weighted by Crippen LogP contribution is 2.19. The number of para-hydroxylation sites is 1. The molecule has 0 fully saturated rings. The van der Waals surface area contributed by atoms with Crippen LogP contribution in [0, 0.1) is 5.82 Å². The molecule has 2 N–H and O–H groups in total. The molecule has 26 heavy (non-hydrogen) atoms. The zero-order chi connectivity index (χ0) is 17.9. The predicted molar refractivity (Wildman–Crippen MR) is 93.4 cm³/mol. The van der Waals surface area contributed by atoms with E-state index >= 15 is 0 Å². The standard InChI is InChI=1S/C18H15FN6O/c19-13-5-6-16-15(9-13)12(10-21-16)7-8-20-18(26)14-3-1-2-4-17(14)25-11-22-23-24-25/h1-6,9-11,21H,7-8H2,(H,20,26). The summed E-state index contributed by atoms with van der Waals surface area (Å²) >= 11 is 0. The molecule has 7 nitrogen and oxygen atoms in total. The van der Waals surface area contributed by atoms with E-state index in [0.29, 0.717) is 24.2 Å². The van der Waals surface area contributed by atoms with Crippen LogP contribution < -0.4 is 5.32 Å². The maximum atomic E-state index is 13.4. The first-order valence-corrected chi connectivity index (χ1v) is 8.08. The number of benzene rings is 2. The molecule has 0 spiro atoms. The maximum Gasteiger partial charge on any atom is 0.253 e. The van der Waals surface area contributed by atoms with Crippen molar-refractivity contribution in [3.05, 3.63) is 71.9 Å². The summed E-state index contributed by atoms with van der Waals surface area (Å²) in [6.07, 6.45) is 3.86. The average Bonchev–Trinajstić information content (AvgIpc) is 3.32. The summed E-state index contributed by atoms with van der Waals surface area (Å²) in [5.74, 6) is -0.500. The van der Waals surface area contributed by atoms with E-state index in [0.717, 1.165) is 16.5 Å². The number of rotatable bonds is 5. The lowest BCUT2D eigenvalue weighted by Crippen LogP contribution is -2.26. The van der Waals surface area contributed by atoms with Crippen molar-refractivity contribution in [1.82, 2.24) is 30.5 Å². The van der Waals surface area contributed by atoms with Gasteiger partial charge in [0, 0.05) is 23.6 Å². The van der Waals surface area contributed by atoms with Crippen LogP contribution in [0.2, 0.25) is 0 Å². The third-order valence-corrected chi connectivity index (χ3v) is 4.15. The monoisotopic (exact) mass is 350 g/mol. The fraction of sp³-hybridized carbons (Fsp3) is 0.111. The summed E-state index contributed by atoms with van der Waals surface area (Å²) in [6.45, 7) is 0.423. The topological polar surface area (TPSA) is 88.5 Å². The highest BCUT2D eigenvalue weighted by Gasteiger charge is 2.13. The van der Waals surface area contributed by atoms with Crippen molar-refractivity contribution in [3.63, 3.8) is 0 Å². The van der Waals surface area contributed by atoms with Crippen LogP contribution in [-0.4, -0.2) is 37.6 Å². The van der Waals surface area contributed by atoms with Crippen LogP contribution in [0.4, 0.5) is 4.39 Å². The number of carbonyl (C=O) groups is 1. The molecular weight excluding hydrogens is 335 g/mol. The number of nitrogens with one attached hydrogen (secondary N) is 2. The van der Waals surface area contributed by atoms with Gasteiger partial charge in [0.25, 0.3) is 5.91 Å². The van der Waals surface area contributed by atoms with Gasteiger partial charge in [-0.15, -0.1) is 5.10 Å². The number of H-pyrrole nitrogens is 1. The molecule has 0 bridgehead atoms. The molecule has 2 aromatic heterocycles. The van der Waals surface area contributed by atoms with Gasteiger partial charge in [0.15, 0.2) is 0 Å². The Balaban J connectivity index is 1.47. The number of hydrogen-bond acceptors (Lipinski definition) is 4. The van der Waals surface area contributed by atoms with Gasteiger partial charge >= 0.3 is 0 Å². The number of fused-ring (bicyclic) bond motifs is 1. The molecule has 8 heteroatoms. The Morgan fingerprint density at radius 2 is 2.12 bits per heavy atom. The van der Waals surface area contributed by atoms with Gasteiger partial charge in [-0.1, -0.05) is 12.1 Å². The third kappa shape index (κ3) is 3.04. The Bertz CT molecular complexity index is 1060. The van der Waals surface area contributed by atoms with E-state index in [1.165, 1.54) is 23.1 Å². The molecule has 0 aliphatic rings.